The van der Waals surface area contributed by atoms with Crippen LogP contribution in [0.2, 0.25) is 0 Å². The molecule has 0 bridgehead atoms. The molecular weight excluding hydrogens is 246 g/mol. The molecule has 1 aromatic carbocycles. The first-order valence-corrected chi connectivity index (χ1v) is 7.44. The Kier molecular flexibility index (Phi) is 7.44. The molecule has 0 heterocycles. The summed E-state index contributed by atoms with van der Waals surface area (Å²) in [5, 5.41) is 1.46. The molecular formula is C12H17Cl2P. The smallest absolute Gasteiger partial charge is 0.105 e. The third kappa shape index (κ3) is 7.17. The highest BCUT2D eigenvalue weighted by molar-refractivity contribution is 7.47. The zero-order chi connectivity index (χ0) is 10.9. The van der Waals surface area contributed by atoms with Crippen LogP contribution in [0.25, 0.3) is 0 Å². The molecule has 1 atom stereocenters. The fraction of sp³-hybridized carbons (Fsp3) is 0.500. The normalized spacial score (nSPS) is 11.7. The van der Waals surface area contributed by atoms with Gasteiger partial charge >= 0.3 is 0 Å². The van der Waals surface area contributed by atoms with E-state index in [0.29, 0.717) is 0 Å². The van der Waals surface area contributed by atoms with Gasteiger partial charge in [-0.3, -0.25) is 0 Å². The number of rotatable bonds is 7. The van der Waals surface area contributed by atoms with Gasteiger partial charge in [0.15, 0.2) is 0 Å². The predicted octanol–water partition coefficient (Wildman–Crippen LogP) is 4.35. The van der Waals surface area contributed by atoms with Crippen molar-refractivity contribution >= 4 is 37.1 Å². The Morgan fingerprint density at radius 1 is 1.00 bits per heavy atom. The van der Waals surface area contributed by atoms with Crippen LogP contribution in [0, 0.1) is 0 Å². The van der Waals surface area contributed by atoms with E-state index in [2.05, 4.69) is 30.3 Å². The van der Waals surface area contributed by atoms with Gasteiger partial charge in [0.05, 0.1) is 0 Å². The summed E-state index contributed by atoms with van der Waals surface area (Å²) in [4.78, 5) is -0.179. The van der Waals surface area contributed by atoms with Gasteiger partial charge in [0.25, 0.3) is 0 Å². The van der Waals surface area contributed by atoms with E-state index in [1.807, 2.05) is 0 Å². The van der Waals surface area contributed by atoms with Gasteiger partial charge in [0.2, 0.25) is 0 Å². The van der Waals surface area contributed by atoms with Gasteiger partial charge in [0.1, 0.15) is 4.84 Å². The second-order valence-electron chi connectivity index (χ2n) is 3.53. The van der Waals surface area contributed by atoms with Crippen LogP contribution in [0.3, 0.4) is 0 Å². The number of halogens is 2. The number of alkyl halides is 2. The summed E-state index contributed by atoms with van der Waals surface area (Å²) in [6.45, 7) is 0. The summed E-state index contributed by atoms with van der Waals surface area (Å²) in [7, 11) is 0.944. The maximum atomic E-state index is 5.65. The van der Waals surface area contributed by atoms with E-state index in [1.165, 1.54) is 24.3 Å². The van der Waals surface area contributed by atoms with Crippen LogP contribution in [-0.2, 0) is 0 Å². The standard InChI is InChI=1S/C12H17Cl2P/c13-12(14)9-5-2-6-10-15-11-7-3-1-4-8-11/h1,3-4,7-8,12,15H,2,5-6,9-10H2. The summed E-state index contributed by atoms with van der Waals surface area (Å²) in [6.07, 6.45) is 5.90. The molecule has 0 saturated carbocycles. The summed E-state index contributed by atoms with van der Waals surface area (Å²) >= 11 is 11.3. The van der Waals surface area contributed by atoms with Gasteiger partial charge in [0, 0.05) is 0 Å². The predicted molar refractivity (Wildman–Crippen MR) is 73.2 cm³/mol. The quantitative estimate of drug-likeness (QED) is 0.389. The van der Waals surface area contributed by atoms with Crippen molar-refractivity contribution in [3.05, 3.63) is 30.3 Å². The molecule has 15 heavy (non-hydrogen) atoms. The van der Waals surface area contributed by atoms with Crippen LogP contribution in [0.5, 0.6) is 0 Å². The second kappa shape index (κ2) is 8.39. The minimum atomic E-state index is -0.179. The van der Waals surface area contributed by atoms with Gasteiger partial charge in [-0.05, 0) is 24.3 Å². The Labute approximate surface area is 104 Å². The number of hydrogen-bond donors (Lipinski definition) is 0. The molecule has 0 spiro atoms. The van der Waals surface area contributed by atoms with E-state index in [0.717, 1.165) is 21.4 Å². The molecule has 3 heteroatoms. The lowest BCUT2D eigenvalue weighted by molar-refractivity contribution is 0.696. The molecule has 0 N–H and O–H groups in total. The third-order valence-electron chi connectivity index (χ3n) is 2.20. The third-order valence-corrected chi connectivity index (χ3v) is 3.98. The molecule has 0 aromatic heterocycles. The first-order chi connectivity index (χ1) is 7.29. The lowest BCUT2D eigenvalue weighted by atomic mass is 10.2. The molecule has 0 amide bonds. The van der Waals surface area contributed by atoms with Crippen LogP contribution in [0.4, 0.5) is 0 Å². The van der Waals surface area contributed by atoms with Crippen molar-refractivity contribution in [3.63, 3.8) is 0 Å². The molecule has 0 radical (unpaired) electrons. The molecule has 1 unspecified atom stereocenters. The van der Waals surface area contributed by atoms with E-state index in [1.54, 1.807) is 0 Å². The minimum Gasteiger partial charge on any atom is -0.105 e. The summed E-state index contributed by atoms with van der Waals surface area (Å²) in [5.41, 5.74) is 0. The first kappa shape index (κ1) is 13.3. The highest BCUT2D eigenvalue weighted by atomic mass is 35.5. The lowest BCUT2D eigenvalue weighted by Gasteiger charge is -2.02. The van der Waals surface area contributed by atoms with Gasteiger partial charge < -0.3 is 0 Å². The fourth-order valence-electron chi connectivity index (χ4n) is 1.39. The lowest BCUT2D eigenvalue weighted by Crippen LogP contribution is -1.94. The van der Waals surface area contributed by atoms with Crippen LogP contribution >= 0.6 is 31.8 Å². The van der Waals surface area contributed by atoms with Crippen molar-refractivity contribution in [1.29, 1.82) is 0 Å². The Morgan fingerprint density at radius 3 is 2.40 bits per heavy atom. The van der Waals surface area contributed by atoms with Crippen molar-refractivity contribution in [3.8, 4) is 0 Å². The molecule has 0 aliphatic rings. The van der Waals surface area contributed by atoms with Crippen molar-refractivity contribution < 1.29 is 0 Å². The summed E-state index contributed by atoms with van der Waals surface area (Å²) in [5.74, 6) is 0. The van der Waals surface area contributed by atoms with Crippen molar-refractivity contribution in [2.45, 2.75) is 30.5 Å². The van der Waals surface area contributed by atoms with E-state index in [4.69, 9.17) is 23.2 Å². The van der Waals surface area contributed by atoms with Crippen molar-refractivity contribution in [1.82, 2.24) is 0 Å². The molecule has 1 rings (SSSR count). The molecule has 0 nitrogen and oxygen atoms in total. The summed E-state index contributed by atoms with van der Waals surface area (Å²) in [6, 6.07) is 10.7. The Hall–Kier alpha value is 0.230. The van der Waals surface area contributed by atoms with E-state index < -0.39 is 0 Å². The Balaban J connectivity index is 1.98. The van der Waals surface area contributed by atoms with E-state index in [-0.39, 0.29) is 4.84 Å². The molecule has 0 fully saturated rings. The van der Waals surface area contributed by atoms with Gasteiger partial charge in [-0.1, -0.05) is 51.8 Å². The number of benzene rings is 1. The number of hydrogen-bond acceptors (Lipinski definition) is 0. The SMILES string of the molecule is ClC(Cl)CCCCCPc1ccccc1. The van der Waals surface area contributed by atoms with Gasteiger partial charge in [-0.2, -0.15) is 0 Å². The van der Waals surface area contributed by atoms with Crippen LogP contribution in [-0.4, -0.2) is 11.0 Å². The highest BCUT2D eigenvalue weighted by Crippen LogP contribution is 2.16. The van der Waals surface area contributed by atoms with Crippen molar-refractivity contribution in [2.75, 3.05) is 6.16 Å². The molecule has 84 valence electrons. The zero-order valence-electron chi connectivity index (χ0n) is 8.76. The zero-order valence-corrected chi connectivity index (χ0v) is 11.3. The Bertz CT molecular complexity index is 249. The molecule has 0 aliphatic heterocycles. The highest BCUT2D eigenvalue weighted by Gasteiger charge is 1.98. The number of unbranched alkanes of at least 4 members (excludes halogenated alkanes) is 2. The maximum Gasteiger partial charge on any atom is 0.107 e. The van der Waals surface area contributed by atoms with Gasteiger partial charge in [-0.25, -0.2) is 0 Å². The Morgan fingerprint density at radius 2 is 1.73 bits per heavy atom. The molecule has 1 aromatic rings. The second-order valence-corrected chi connectivity index (χ2v) is 6.24. The minimum absolute atomic E-state index is 0.179. The summed E-state index contributed by atoms with van der Waals surface area (Å²) < 4.78 is 0. The fourth-order valence-corrected chi connectivity index (χ4v) is 2.84. The first-order valence-electron chi connectivity index (χ1n) is 5.36. The van der Waals surface area contributed by atoms with Crippen LogP contribution in [0.15, 0.2) is 30.3 Å². The van der Waals surface area contributed by atoms with Crippen LogP contribution < -0.4 is 5.30 Å². The average molecular weight is 263 g/mol. The largest absolute Gasteiger partial charge is 0.107 e. The van der Waals surface area contributed by atoms with E-state index >= 15 is 0 Å². The monoisotopic (exact) mass is 262 g/mol. The molecule has 0 saturated heterocycles. The van der Waals surface area contributed by atoms with Crippen LogP contribution in [0.1, 0.15) is 25.7 Å². The van der Waals surface area contributed by atoms with Gasteiger partial charge in [-0.15, -0.1) is 23.2 Å². The maximum absolute atomic E-state index is 5.65. The topological polar surface area (TPSA) is 0 Å². The molecule has 0 aliphatic carbocycles. The van der Waals surface area contributed by atoms with Crippen molar-refractivity contribution in [2.24, 2.45) is 0 Å². The van der Waals surface area contributed by atoms with E-state index in [9.17, 15) is 0 Å². The average Bonchev–Trinajstić information content (AvgIpc) is 2.24.